The van der Waals surface area contributed by atoms with E-state index < -0.39 is 10.0 Å². The number of carbonyl (C=O) groups is 1. The molecule has 2 aliphatic rings. The molecule has 25 heavy (non-hydrogen) atoms. The fraction of sp³-hybridized carbons (Fsp3) is 0.750. The van der Waals surface area contributed by atoms with Gasteiger partial charge in [-0.15, -0.1) is 0 Å². The number of sulfonamides is 1. The van der Waals surface area contributed by atoms with E-state index in [1.807, 2.05) is 17.9 Å². The van der Waals surface area contributed by atoms with Gasteiger partial charge >= 0.3 is 0 Å². The highest BCUT2D eigenvalue weighted by molar-refractivity contribution is 7.88. The normalized spacial score (nSPS) is 21.6. The molecular formula is C16H26N4O4S. The SMILES string of the molecule is Cc1cc(CN2CCN(C(=O)C3CCN(S(C)(=O)=O)CC3)CC2)no1. The van der Waals surface area contributed by atoms with Crippen molar-refractivity contribution in [3.8, 4) is 0 Å². The van der Waals surface area contributed by atoms with E-state index in [9.17, 15) is 13.2 Å². The van der Waals surface area contributed by atoms with E-state index >= 15 is 0 Å². The summed E-state index contributed by atoms with van der Waals surface area (Å²) < 4.78 is 29.7. The molecule has 0 saturated carbocycles. The van der Waals surface area contributed by atoms with Crippen LogP contribution in [0.1, 0.15) is 24.3 Å². The number of hydrogen-bond donors (Lipinski definition) is 0. The number of rotatable bonds is 4. The van der Waals surface area contributed by atoms with Crippen molar-refractivity contribution in [2.75, 3.05) is 45.5 Å². The molecule has 1 aromatic heterocycles. The lowest BCUT2D eigenvalue weighted by atomic mass is 9.96. The second-order valence-corrected chi connectivity index (χ2v) is 8.95. The summed E-state index contributed by atoms with van der Waals surface area (Å²) in [6, 6.07) is 1.94. The molecule has 0 aromatic carbocycles. The highest BCUT2D eigenvalue weighted by Gasteiger charge is 2.32. The molecule has 1 aromatic rings. The van der Waals surface area contributed by atoms with Crippen molar-refractivity contribution in [3.63, 3.8) is 0 Å². The predicted molar refractivity (Wildman–Crippen MR) is 92.2 cm³/mol. The van der Waals surface area contributed by atoms with Crippen molar-refractivity contribution in [1.82, 2.24) is 19.3 Å². The molecule has 0 N–H and O–H groups in total. The lowest BCUT2D eigenvalue weighted by Gasteiger charge is -2.38. The summed E-state index contributed by atoms with van der Waals surface area (Å²) in [5, 5.41) is 4.01. The second kappa shape index (κ2) is 7.43. The summed E-state index contributed by atoms with van der Waals surface area (Å²) in [5.41, 5.74) is 0.922. The molecule has 8 nitrogen and oxygen atoms in total. The van der Waals surface area contributed by atoms with Gasteiger partial charge < -0.3 is 9.42 Å². The first-order valence-corrected chi connectivity index (χ1v) is 10.6. The molecule has 140 valence electrons. The van der Waals surface area contributed by atoms with E-state index in [2.05, 4.69) is 10.1 Å². The van der Waals surface area contributed by atoms with Crippen LogP contribution in [-0.4, -0.2) is 79.1 Å². The molecule has 0 bridgehead atoms. The van der Waals surface area contributed by atoms with Crippen LogP contribution in [0.2, 0.25) is 0 Å². The average molecular weight is 370 g/mol. The summed E-state index contributed by atoms with van der Waals surface area (Å²) in [6.07, 6.45) is 2.46. The van der Waals surface area contributed by atoms with Crippen molar-refractivity contribution in [2.24, 2.45) is 5.92 Å². The van der Waals surface area contributed by atoms with Gasteiger partial charge in [0.25, 0.3) is 0 Å². The Bertz CT molecular complexity index is 701. The molecule has 0 aliphatic carbocycles. The minimum atomic E-state index is -3.15. The Morgan fingerprint density at radius 3 is 2.36 bits per heavy atom. The number of aryl methyl sites for hydroxylation is 1. The zero-order valence-electron chi connectivity index (χ0n) is 14.8. The van der Waals surface area contributed by atoms with Gasteiger partial charge in [-0.1, -0.05) is 5.16 Å². The Balaban J connectivity index is 1.46. The predicted octanol–water partition coefficient (Wildman–Crippen LogP) is 0.299. The van der Waals surface area contributed by atoms with Gasteiger partial charge in [0, 0.05) is 57.8 Å². The Morgan fingerprint density at radius 1 is 1.20 bits per heavy atom. The van der Waals surface area contributed by atoms with Crippen LogP contribution >= 0.6 is 0 Å². The molecule has 0 radical (unpaired) electrons. The van der Waals surface area contributed by atoms with Crippen LogP contribution in [0.5, 0.6) is 0 Å². The molecule has 9 heteroatoms. The van der Waals surface area contributed by atoms with Crippen LogP contribution in [0.25, 0.3) is 0 Å². The fourth-order valence-electron chi connectivity index (χ4n) is 3.54. The maximum absolute atomic E-state index is 12.7. The van der Waals surface area contributed by atoms with Gasteiger partial charge in [0.15, 0.2) is 0 Å². The lowest BCUT2D eigenvalue weighted by Crippen LogP contribution is -2.51. The zero-order valence-corrected chi connectivity index (χ0v) is 15.7. The largest absolute Gasteiger partial charge is 0.361 e. The van der Waals surface area contributed by atoms with Crippen molar-refractivity contribution in [3.05, 3.63) is 17.5 Å². The van der Waals surface area contributed by atoms with E-state index in [-0.39, 0.29) is 11.8 Å². The summed E-state index contributed by atoms with van der Waals surface area (Å²) in [7, 11) is -3.15. The summed E-state index contributed by atoms with van der Waals surface area (Å²) in [5.74, 6) is 0.928. The number of piperidine rings is 1. The van der Waals surface area contributed by atoms with E-state index in [0.717, 1.165) is 31.1 Å². The number of aromatic nitrogens is 1. The van der Waals surface area contributed by atoms with E-state index in [1.165, 1.54) is 10.6 Å². The summed E-state index contributed by atoms with van der Waals surface area (Å²) in [6.45, 7) is 6.57. The molecule has 0 atom stereocenters. The van der Waals surface area contributed by atoms with Crippen LogP contribution in [-0.2, 0) is 21.4 Å². The molecule has 3 heterocycles. The highest BCUT2D eigenvalue weighted by Crippen LogP contribution is 2.22. The first kappa shape index (κ1) is 18.3. The number of amides is 1. The molecule has 2 fully saturated rings. The molecule has 2 aliphatic heterocycles. The third kappa shape index (κ3) is 4.59. The summed E-state index contributed by atoms with van der Waals surface area (Å²) >= 11 is 0. The molecule has 1 amide bonds. The molecule has 0 unspecified atom stereocenters. The van der Waals surface area contributed by atoms with Gasteiger partial charge in [0.1, 0.15) is 5.76 Å². The van der Waals surface area contributed by atoms with E-state index in [1.54, 1.807) is 0 Å². The van der Waals surface area contributed by atoms with Crippen LogP contribution in [0.15, 0.2) is 10.6 Å². The van der Waals surface area contributed by atoms with Gasteiger partial charge in [-0.2, -0.15) is 0 Å². The van der Waals surface area contributed by atoms with Gasteiger partial charge in [0.2, 0.25) is 15.9 Å². The molecular weight excluding hydrogens is 344 g/mol. The molecule has 2 saturated heterocycles. The van der Waals surface area contributed by atoms with Gasteiger partial charge in [-0.3, -0.25) is 9.69 Å². The third-order valence-corrected chi connectivity index (χ3v) is 6.32. The minimum absolute atomic E-state index is 0.0530. The average Bonchev–Trinajstić information content (AvgIpc) is 2.99. The van der Waals surface area contributed by atoms with Gasteiger partial charge in [-0.05, 0) is 19.8 Å². The van der Waals surface area contributed by atoms with E-state index in [4.69, 9.17) is 4.52 Å². The van der Waals surface area contributed by atoms with Gasteiger partial charge in [0.05, 0.1) is 11.9 Å². The molecule has 0 spiro atoms. The number of nitrogens with zero attached hydrogens (tertiary/aromatic N) is 4. The van der Waals surface area contributed by atoms with Crippen LogP contribution in [0, 0.1) is 12.8 Å². The van der Waals surface area contributed by atoms with Crippen LogP contribution < -0.4 is 0 Å². The smallest absolute Gasteiger partial charge is 0.225 e. The number of carbonyl (C=O) groups excluding carboxylic acids is 1. The topological polar surface area (TPSA) is 87.0 Å². The van der Waals surface area contributed by atoms with E-state index in [0.29, 0.717) is 39.0 Å². The molecule has 3 rings (SSSR count). The van der Waals surface area contributed by atoms with Crippen LogP contribution in [0.3, 0.4) is 0 Å². The Hall–Kier alpha value is -1.45. The fourth-order valence-corrected chi connectivity index (χ4v) is 4.41. The first-order chi connectivity index (χ1) is 11.8. The Kier molecular flexibility index (Phi) is 5.45. The maximum atomic E-state index is 12.7. The minimum Gasteiger partial charge on any atom is -0.361 e. The zero-order chi connectivity index (χ0) is 18.0. The monoisotopic (exact) mass is 370 g/mol. The van der Waals surface area contributed by atoms with Gasteiger partial charge in [-0.25, -0.2) is 12.7 Å². The highest BCUT2D eigenvalue weighted by atomic mass is 32.2. The number of piperazine rings is 1. The quantitative estimate of drug-likeness (QED) is 0.758. The van der Waals surface area contributed by atoms with Crippen molar-refractivity contribution >= 4 is 15.9 Å². The lowest BCUT2D eigenvalue weighted by molar-refractivity contribution is -0.138. The van der Waals surface area contributed by atoms with Crippen molar-refractivity contribution < 1.29 is 17.7 Å². The Morgan fingerprint density at radius 2 is 1.84 bits per heavy atom. The third-order valence-electron chi connectivity index (χ3n) is 5.02. The van der Waals surface area contributed by atoms with Crippen molar-refractivity contribution in [1.29, 1.82) is 0 Å². The second-order valence-electron chi connectivity index (χ2n) is 6.97. The first-order valence-electron chi connectivity index (χ1n) is 8.71. The Labute approximate surface area is 148 Å². The maximum Gasteiger partial charge on any atom is 0.225 e. The summed E-state index contributed by atoms with van der Waals surface area (Å²) in [4.78, 5) is 16.9. The number of hydrogen-bond acceptors (Lipinski definition) is 6. The van der Waals surface area contributed by atoms with Crippen molar-refractivity contribution in [2.45, 2.75) is 26.3 Å². The van der Waals surface area contributed by atoms with Crippen LogP contribution in [0.4, 0.5) is 0 Å². The standard InChI is InChI=1S/C16H26N4O4S/c1-13-11-15(17-24-13)12-18-7-9-19(10-8-18)16(21)14-3-5-20(6-4-14)25(2,22)23/h11,14H,3-10,12H2,1-2H3.